The summed E-state index contributed by atoms with van der Waals surface area (Å²) in [5.74, 6) is 1.29. The second kappa shape index (κ2) is 5.66. The molecule has 0 bridgehead atoms. The SMILES string of the molecule is CC1SCCC1NC(Cn1ccnc1)C(C)(C)C. The summed E-state index contributed by atoms with van der Waals surface area (Å²) < 4.78 is 2.18. The maximum Gasteiger partial charge on any atom is 0.0946 e. The van der Waals surface area contributed by atoms with E-state index < -0.39 is 0 Å². The predicted molar refractivity (Wildman–Crippen MR) is 78.9 cm³/mol. The van der Waals surface area contributed by atoms with Crippen LogP contribution in [0.2, 0.25) is 0 Å². The van der Waals surface area contributed by atoms with Crippen molar-refractivity contribution in [2.75, 3.05) is 5.75 Å². The van der Waals surface area contributed by atoms with E-state index in [4.69, 9.17) is 0 Å². The summed E-state index contributed by atoms with van der Waals surface area (Å²) in [6, 6.07) is 1.14. The quantitative estimate of drug-likeness (QED) is 0.910. The van der Waals surface area contributed by atoms with Gasteiger partial charge >= 0.3 is 0 Å². The van der Waals surface area contributed by atoms with Gasteiger partial charge in [0, 0.05) is 36.3 Å². The first kappa shape index (κ1) is 13.9. The van der Waals surface area contributed by atoms with Crippen molar-refractivity contribution < 1.29 is 0 Å². The lowest BCUT2D eigenvalue weighted by molar-refractivity contribution is 0.221. The Bertz CT molecular complexity index is 356. The van der Waals surface area contributed by atoms with Crippen LogP contribution in [0.25, 0.3) is 0 Å². The standard InChI is InChI=1S/C14H25N3S/c1-11-12(5-8-18-11)16-13(14(2,3)4)9-17-7-6-15-10-17/h6-7,10-13,16H,5,8-9H2,1-4H3. The number of rotatable bonds is 4. The second-order valence-corrected chi connectivity index (χ2v) is 7.80. The van der Waals surface area contributed by atoms with Crippen LogP contribution in [-0.4, -0.2) is 32.6 Å². The molecule has 0 amide bonds. The fourth-order valence-corrected chi connectivity index (χ4v) is 3.60. The van der Waals surface area contributed by atoms with E-state index in [1.54, 1.807) is 0 Å². The minimum absolute atomic E-state index is 0.261. The lowest BCUT2D eigenvalue weighted by Crippen LogP contribution is -2.49. The Kier molecular flexibility index (Phi) is 4.38. The molecule has 1 aromatic heterocycles. The van der Waals surface area contributed by atoms with Gasteiger partial charge in [0.2, 0.25) is 0 Å². The van der Waals surface area contributed by atoms with Gasteiger partial charge in [-0.2, -0.15) is 11.8 Å². The fourth-order valence-electron chi connectivity index (χ4n) is 2.39. The van der Waals surface area contributed by atoms with E-state index >= 15 is 0 Å². The Morgan fingerprint density at radius 3 is 2.78 bits per heavy atom. The molecule has 0 saturated carbocycles. The zero-order valence-corrected chi connectivity index (χ0v) is 12.7. The number of hydrogen-bond acceptors (Lipinski definition) is 3. The zero-order chi connectivity index (χ0) is 13.2. The van der Waals surface area contributed by atoms with Crippen molar-refractivity contribution in [2.24, 2.45) is 5.41 Å². The van der Waals surface area contributed by atoms with Crippen molar-refractivity contribution in [2.45, 2.75) is 58.0 Å². The molecule has 0 spiro atoms. The molecule has 4 heteroatoms. The average molecular weight is 267 g/mol. The van der Waals surface area contributed by atoms with E-state index in [-0.39, 0.29) is 5.41 Å². The van der Waals surface area contributed by atoms with Gasteiger partial charge in [0.05, 0.1) is 6.33 Å². The Morgan fingerprint density at radius 2 is 2.28 bits per heavy atom. The molecular weight excluding hydrogens is 242 g/mol. The van der Waals surface area contributed by atoms with Gasteiger partial charge in [-0.25, -0.2) is 4.98 Å². The minimum atomic E-state index is 0.261. The number of nitrogens with zero attached hydrogens (tertiary/aromatic N) is 2. The van der Waals surface area contributed by atoms with Crippen LogP contribution in [0.1, 0.15) is 34.1 Å². The van der Waals surface area contributed by atoms with Crippen LogP contribution in [-0.2, 0) is 6.54 Å². The topological polar surface area (TPSA) is 29.9 Å². The van der Waals surface area contributed by atoms with Crippen LogP contribution < -0.4 is 5.32 Å². The first-order chi connectivity index (χ1) is 8.47. The molecule has 1 aliphatic heterocycles. The summed E-state index contributed by atoms with van der Waals surface area (Å²) in [5.41, 5.74) is 0.261. The maximum atomic E-state index is 4.14. The Balaban J connectivity index is 2.01. The largest absolute Gasteiger partial charge is 0.336 e. The lowest BCUT2D eigenvalue weighted by Gasteiger charge is -2.35. The highest BCUT2D eigenvalue weighted by Crippen LogP contribution is 2.29. The molecule has 0 radical (unpaired) electrons. The first-order valence-corrected chi connectivity index (χ1v) is 7.85. The van der Waals surface area contributed by atoms with E-state index in [1.165, 1.54) is 12.2 Å². The molecule has 2 heterocycles. The third kappa shape index (κ3) is 3.51. The summed E-state index contributed by atoms with van der Waals surface area (Å²) >= 11 is 2.08. The highest BCUT2D eigenvalue weighted by atomic mass is 32.2. The van der Waals surface area contributed by atoms with Gasteiger partial charge in [-0.15, -0.1) is 0 Å². The fraction of sp³-hybridized carbons (Fsp3) is 0.786. The number of hydrogen-bond donors (Lipinski definition) is 1. The van der Waals surface area contributed by atoms with E-state index in [1.807, 2.05) is 18.7 Å². The minimum Gasteiger partial charge on any atom is -0.336 e. The molecule has 2 rings (SSSR count). The lowest BCUT2D eigenvalue weighted by atomic mass is 9.85. The van der Waals surface area contributed by atoms with Gasteiger partial charge < -0.3 is 9.88 Å². The first-order valence-electron chi connectivity index (χ1n) is 6.80. The van der Waals surface area contributed by atoms with Gasteiger partial charge in [0.1, 0.15) is 0 Å². The van der Waals surface area contributed by atoms with Crippen molar-refractivity contribution in [3.8, 4) is 0 Å². The van der Waals surface area contributed by atoms with Crippen LogP contribution in [0.4, 0.5) is 0 Å². The van der Waals surface area contributed by atoms with Gasteiger partial charge in [-0.1, -0.05) is 27.7 Å². The summed E-state index contributed by atoms with van der Waals surface area (Å²) in [7, 11) is 0. The van der Waals surface area contributed by atoms with E-state index in [0.29, 0.717) is 12.1 Å². The van der Waals surface area contributed by atoms with E-state index in [0.717, 1.165) is 11.8 Å². The van der Waals surface area contributed by atoms with Crippen LogP contribution in [0, 0.1) is 5.41 Å². The van der Waals surface area contributed by atoms with Crippen LogP contribution >= 0.6 is 11.8 Å². The van der Waals surface area contributed by atoms with Crippen molar-refractivity contribution in [3.05, 3.63) is 18.7 Å². The molecule has 1 fully saturated rings. The molecule has 102 valence electrons. The summed E-state index contributed by atoms with van der Waals surface area (Å²) in [4.78, 5) is 4.14. The zero-order valence-electron chi connectivity index (χ0n) is 11.9. The van der Waals surface area contributed by atoms with Crippen molar-refractivity contribution in [1.29, 1.82) is 0 Å². The third-order valence-electron chi connectivity index (χ3n) is 3.79. The number of imidazole rings is 1. The molecule has 1 saturated heterocycles. The predicted octanol–water partition coefficient (Wildman–Crippen LogP) is 2.78. The van der Waals surface area contributed by atoms with E-state index in [9.17, 15) is 0 Å². The van der Waals surface area contributed by atoms with Gasteiger partial charge in [-0.05, 0) is 17.6 Å². The average Bonchev–Trinajstić information content (AvgIpc) is 2.89. The normalized spacial score (nSPS) is 26.4. The molecule has 1 aliphatic rings. The number of thioether (sulfide) groups is 1. The van der Waals surface area contributed by atoms with E-state index in [2.05, 4.69) is 54.3 Å². The Morgan fingerprint density at radius 1 is 1.50 bits per heavy atom. The van der Waals surface area contributed by atoms with Crippen LogP contribution in [0.5, 0.6) is 0 Å². The Labute approximate surface area is 115 Å². The summed E-state index contributed by atoms with van der Waals surface area (Å²) in [5, 5.41) is 4.61. The van der Waals surface area contributed by atoms with Crippen molar-refractivity contribution in [3.63, 3.8) is 0 Å². The molecule has 3 nitrogen and oxygen atoms in total. The van der Waals surface area contributed by atoms with Crippen molar-refractivity contribution in [1.82, 2.24) is 14.9 Å². The molecular formula is C14H25N3S. The monoisotopic (exact) mass is 267 g/mol. The Hall–Kier alpha value is -0.480. The van der Waals surface area contributed by atoms with Gasteiger partial charge in [-0.3, -0.25) is 0 Å². The maximum absolute atomic E-state index is 4.14. The molecule has 0 aromatic carbocycles. The highest BCUT2D eigenvalue weighted by molar-refractivity contribution is 8.00. The van der Waals surface area contributed by atoms with Crippen LogP contribution in [0.3, 0.4) is 0 Å². The van der Waals surface area contributed by atoms with Crippen LogP contribution in [0.15, 0.2) is 18.7 Å². The number of nitrogens with one attached hydrogen (secondary N) is 1. The summed E-state index contributed by atoms with van der Waals surface area (Å²) in [6.07, 6.45) is 7.11. The smallest absolute Gasteiger partial charge is 0.0946 e. The number of aromatic nitrogens is 2. The molecule has 3 atom stereocenters. The summed E-state index contributed by atoms with van der Waals surface area (Å²) in [6.45, 7) is 10.3. The second-order valence-electron chi connectivity index (χ2n) is 6.32. The molecule has 18 heavy (non-hydrogen) atoms. The molecule has 1 N–H and O–H groups in total. The van der Waals surface area contributed by atoms with Gasteiger partial charge in [0.25, 0.3) is 0 Å². The highest BCUT2D eigenvalue weighted by Gasteiger charge is 2.31. The third-order valence-corrected chi connectivity index (χ3v) is 5.12. The van der Waals surface area contributed by atoms with Crippen molar-refractivity contribution >= 4 is 11.8 Å². The molecule has 3 unspecified atom stereocenters. The molecule has 1 aromatic rings. The van der Waals surface area contributed by atoms with Gasteiger partial charge in [0.15, 0.2) is 0 Å². The molecule has 0 aliphatic carbocycles.